The summed E-state index contributed by atoms with van der Waals surface area (Å²) in [6.07, 6.45) is 0. The Morgan fingerprint density at radius 1 is 1.21 bits per heavy atom. The lowest BCUT2D eigenvalue weighted by atomic mass is 9.94. The van der Waals surface area contributed by atoms with E-state index in [0.29, 0.717) is 27.6 Å². The lowest BCUT2D eigenvalue weighted by Crippen LogP contribution is -2.29. The number of carbonyl (C=O) groups is 3. The highest BCUT2D eigenvalue weighted by Crippen LogP contribution is 2.43. The number of aryl methyl sites for hydroxylation is 2. The van der Waals surface area contributed by atoms with Gasteiger partial charge in [0.15, 0.2) is 5.82 Å². The molecule has 0 spiro atoms. The highest BCUT2D eigenvalue weighted by atomic mass is 35.5. The minimum Gasteiger partial charge on any atom is -0.507 e. The van der Waals surface area contributed by atoms with Gasteiger partial charge in [-0.1, -0.05) is 28.9 Å². The Hall–Kier alpha value is -3.85. The van der Waals surface area contributed by atoms with Crippen molar-refractivity contribution in [1.82, 2.24) is 15.5 Å². The van der Waals surface area contributed by atoms with Gasteiger partial charge >= 0.3 is 5.91 Å². The molecule has 10 heteroatoms. The Morgan fingerprint density at radius 3 is 2.45 bits per heavy atom. The van der Waals surface area contributed by atoms with E-state index < -0.39 is 23.5 Å². The number of benzene rings is 1. The fraction of sp³-hybridized carbons (Fsp3) is 0.217. The van der Waals surface area contributed by atoms with Crippen LogP contribution in [0.2, 0.25) is 5.02 Å². The smallest absolute Gasteiger partial charge is 0.301 e. The second kappa shape index (κ2) is 8.25. The molecule has 1 fully saturated rings. The minimum atomic E-state index is -0.982. The van der Waals surface area contributed by atoms with Crippen LogP contribution in [0.15, 0.2) is 40.4 Å². The summed E-state index contributed by atoms with van der Waals surface area (Å²) < 4.78 is 5.12. The maximum atomic E-state index is 13.2. The molecule has 4 rings (SSSR count). The van der Waals surface area contributed by atoms with E-state index in [1.54, 1.807) is 45.0 Å². The highest BCUT2D eigenvalue weighted by Gasteiger charge is 2.48. The van der Waals surface area contributed by atoms with Crippen LogP contribution in [0.5, 0.6) is 0 Å². The number of aliphatic hydroxyl groups is 1. The molecule has 1 atom stereocenters. The van der Waals surface area contributed by atoms with Crippen LogP contribution in [0.1, 0.15) is 44.7 Å². The third-order valence-electron chi connectivity index (χ3n) is 5.62. The lowest BCUT2D eigenvalue weighted by molar-refractivity contribution is -0.132. The van der Waals surface area contributed by atoms with E-state index >= 15 is 0 Å². The molecular formula is C23H21ClN4O5. The summed E-state index contributed by atoms with van der Waals surface area (Å²) in [5.74, 6) is -1.91. The number of nitrogens with one attached hydrogen (secondary N) is 2. The first kappa shape index (κ1) is 22.3. The topological polar surface area (TPSA) is 129 Å². The fourth-order valence-electron chi connectivity index (χ4n) is 4.09. The molecular weight excluding hydrogens is 448 g/mol. The number of hydrogen-bond acceptors (Lipinski definition) is 6. The van der Waals surface area contributed by atoms with Gasteiger partial charge in [0.05, 0.1) is 11.6 Å². The van der Waals surface area contributed by atoms with Crippen LogP contribution in [0.25, 0.3) is 5.76 Å². The zero-order chi connectivity index (χ0) is 24.0. The van der Waals surface area contributed by atoms with Crippen molar-refractivity contribution in [2.45, 2.75) is 26.8 Å². The van der Waals surface area contributed by atoms with Crippen LogP contribution in [-0.4, -0.2) is 39.9 Å². The third-order valence-corrected chi connectivity index (χ3v) is 5.87. The largest absolute Gasteiger partial charge is 0.507 e. The average Bonchev–Trinajstić information content (AvgIpc) is 3.42. The molecule has 1 aromatic carbocycles. The molecule has 0 radical (unpaired) electrons. The molecule has 3 N–H and O–H groups in total. The van der Waals surface area contributed by atoms with Gasteiger partial charge in [-0.15, -0.1) is 0 Å². The number of hydrogen-bond donors (Lipinski definition) is 3. The van der Waals surface area contributed by atoms with Crippen molar-refractivity contribution >= 4 is 40.8 Å². The second-order valence-electron chi connectivity index (χ2n) is 7.72. The Kier molecular flexibility index (Phi) is 5.59. The first-order valence-electron chi connectivity index (χ1n) is 10.1. The van der Waals surface area contributed by atoms with Crippen LogP contribution < -0.4 is 10.2 Å². The van der Waals surface area contributed by atoms with Gasteiger partial charge in [0.1, 0.15) is 17.2 Å². The number of rotatable bonds is 4. The summed E-state index contributed by atoms with van der Waals surface area (Å²) in [4.78, 5) is 42.6. The maximum Gasteiger partial charge on any atom is 0.301 e. The molecule has 170 valence electrons. The monoisotopic (exact) mass is 468 g/mol. The van der Waals surface area contributed by atoms with Crippen LogP contribution in [0.4, 0.5) is 5.82 Å². The number of aliphatic hydroxyl groups excluding tert-OH is 1. The number of nitrogens with zero attached hydrogens (tertiary/aromatic N) is 2. The van der Waals surface area contributed by atoms with Gasteiger partial charge in [-0.05, 0) is 44.0 Å². The summed E-state index contributed by atoms with van der Waals surface area (Å²) in [5.41, 5.74) is 1.86. The lowest BCUT2D eigenvalue weighted by Gasteiger charge is -2.23. The summed E-state index contributed by atoms with van der Waals surface area (Å²) in [5, 5.41) is 18.3. The number of halogens is 1. The van der Waals surface area contributed by atoms with Crippen molar-refractivity contribution in [3.05, 3.63) is 74.8 Å². The summed E-state index contributed by atoms with van der Waals surface area (Å²) in [6, 6.07) is 7.13. The van der Waals surface area contributed by atoms with Crippen LogP contribution in [0, 0.1) is 20.8 Å². The Labute approximate surface area is 194 Å². The third kappa shape index (κ3) is 3.60. The Bertz CT molecular complexity index is 1320. The number of Topliss-reactive ketones (excluding diaryl/α,β-unsaturated/α-hetero) is 1. The number of anilines is 1. The zero-order valence-electron chi connectivity index (χ0n) is 18.3. The van der Waals surface area contributed by atoms with Crippen molar-refractivity contribution < 1.29 is 24.0 Å². The minimum absolute atomic E-state index is 0.128. The van der Waals surface area contributed by atoms with Crippen molar-refractivity contribution in [2.75, 3.05) is 11.9 Å². The number of amides is 2. The predicted octanol–water partition coefficient (Wildman–Crippen LogP) is 3.57. The fourth-order valence-corrected chi connectivity index (χ4v) is 4.21. The van der Waals surface area contributed by atoms with E-state index in [1.807, 2.05) is 0 Å². The van der Waals surface area contributed by atoms with Gasteiger partial charge in [0.25, 0.3) is 11.7 Å². The molecule has 0 bridgehead atoms. The van der Waals surface area contributed by atoms with E-state index in [4.69, 9.17) is 16.1 Å². The molecule has 1 aliphatic heterocycles. The number of aromatic amines is 1. The van der Waals surface area contributed by atoms with Crippen molar-refractivity contribution in [1.29, 1.82) is 0 Å². The van der Waals surface area contributed by atoms with Gasteiger partial charge in [0.2, 0.25) is 0 Å². The van der Waals surface area contributed by atoms with Crippen LogP contribution in [-0.2, 0) is 9.59 Å². The van der Waals surface area contributed by atoms with Crippen LogP contribution >= 0.6 is 11.6 Å². The van der Waals surface area contributed by atoms with Crippen molar-refractivity contribution in [3.8, 4) is 0 Å². The first-order valence-corrected chi connectivity index (χ1v) is 10.4. The highest BCUT2D eigenvalue weighted by molar-refractivity contribution is 6.51. The van der Waals surface area contributed by atoms with E-state index in [1.165, 1.54) is 18.0 Å². The predicted molar refractivity (Wildman–Crippen MR) is 121 cm³/mol. The van der Waals surface area contributed by atoms with Crippen molar-refractivity contribution in [3.63, 3.8) is 0 Å². The molecule has 3 aromatic rings. The summed E-state index contributed by atoms with van der Waals surface area (Å²) in [7, 11) is 1.49. The maximum absolute atomic E-state index is 13.2. The van der Waals surface area contributed by atoms with E-state index in [0.717, 1.165) is 0 Å². The number of H-pyrrole nitrogens is 1. The number of aromatic nitrogens is 2. The molecule has 2 amide bonds. The molecule has 1 unspecified atom stereocenters. The quantitative estimate of drug-likeness (QED) is 0.305. The zero-order valence-corrected chi connectivity index (χ0v) is 19.1. The van der Waals surface area contributed by atoms with E-state index in [2.05, 4.69) is 15.5 Å². The molecule has 3 heterocycles. The molecule has 33 heavy (non-hydrogen) atoms. The number of ketones is 1. The van der Waals surface area contributed by atoms with Gasteiger partial charge in [-0.2, -0.15) is 0 Å². The SMILES string of the molecule is CNC(=O)c1[nH]c(C)c(/C(O)=C2\C(=O)C(=O)N(c3cc(C)on3)C2c2ccc(Cl)cc2)c1C. The van der Waals surface area contributed by atoms with Gasteiger partial charge in [-0.25, -0.2) is 0 Å². The number of carbonyl (C=O) groups excluding carboxylic acids is 3. The van der Waals surface area contributed by atoms with Crippen molar-refractivity contribution in [2.24, 2.45) is 0 Å². The first-order chi connectivity index (χ1) is 15.6. The van der Waals surface area contributed by atoms with Crippen LogP contribution in [0.3, 0.4) is 0 Å². The normalized spacial score (nSPS) is 17.6. The van der Waals surface area contributed by atoms with E-state index in [9.17, 15) is 19.5 Å². The van der Waals surface area contributed by atoms with E-state index in [-0.39, 0.29) is 28.6 Å². The van der Waals surface area contributed by atoms with Gasteiger partial charge in [0, 0.05) is 29.4 Å². The molecule has 9 nitrogen and oxygen atoms in total. The van der Waals surface area contributed by atoms with Gasteiger partial charge in [-0.3, -0.25) is 19.3 Å². The molecule has 2 aromatic heterocycles. The average molecular weight is 469 g/mol. The summed E-state index contributed by atoms with van der Waals surface area (Å²) >= 11 is 6.04. The summed E-state index contributed by atoms with van der Waals surface area (Å²) in [6.45, 7) is 4.98. The molecule has 1 aliphatic rings. The molecule has 0 saturated carbocycles. The van der Waals surface area contributed by atoms with Gasteiger partial charge < -0.3 is 19.9 Å². The Morgan fingerprint density at radius 2 is 1.88 bits per heavy atom. The molecule has 1 saturated heterocycles. The Balaban J connectivity index is 1.97. The standard InChI is InChI=1S/C23H21ClN4O5/c1-10-9-15(27-33-10)28-19(13-5-7-14(24)8-6-13)17(21(30)23(28)32)20(29)16-11(2)18(22(31)25-4)26-12(16)3/h5-9,19,26,29H,1-4H3,(H,25,31)/b20-17+. The second-order valence-corrected chi connectivity index (χ2v) is 8.16. The molecule has 0 aliphatic carbocycles.